The standard InChI is InChI=1S/C22H26N2O4S/c1-3-15-24(19-11-5-4-6-12-19)22(25)17-13-14-20(28-2)21(16-17)29(26,27)23-18-9-7-8-10-18/h3-6,11-14,16,18,23H,1,7-10,15H2,2H3. The van der Waals surface area contributed by atoms with E-state index in [1.807, 2.05) is 30.3 Å². The lowest BCUT2D eigenvalue weighted by molar-refractivity contribution is 0.0989. The van der Waals surface area contributed by atoms with Crippen LogP contribution in [0.25, 0.3) is 0 Å². The maximum atomic E-state index is 13.2. The monoisotopic (exact) mass is 414 g/mol. The quantitative estimate of drug-likeness (QED) is 0.668. The molecular formula is C22H26N2O4S. The Labute approximate surface area is 172 Å². The van der Waals surface area contributed by atoms with Crippen molar-refractivity contribution in [1.29, 1.82) is 0 Å². The van der Waals surface area contributed by atoms with Crippen LogP contribution in [0.2, 0.25) is 0 Å². The SMILES string of the molecule is C=CCN(C(=O)c1ccc(OC)c(S(=O)(=O)NC2CCCC2)c1)c1ccccc1. The number of hydrogen-bond acceptors (Lipinski definition) is 4. The highest BCUT2D eigenvalue weighted by atomic mass is 32.2. The molecule has 154 valence electrons. The van der Waals surface area contributed by atoms with Crippen molar-refractivity contribution in [2.75, 3.05) is 18.6 Å². The molecule has 0 aliphatic heterocycles. The maximum Gasteiger partial charge on any atom is 0.258 e. The van der Waals surface area contributed by atoms with Crippen molar-refractivity contribution in [2.45, 2.75) is 36.6 Å². The third kappa shape index (κ3) is 4.86. The van der Waals surface area contributed by atoms with Gasteiger partial charge in [0.2, 0.25) is 10.0 Å². The van der Waals surface area contributed by atoms with Crippen LogP contribution >= 0.6 is 0 Å². The molecule has 0 saturated heterocycles. The Balaban J connectivity index is 1.96. The van der Waals surface area contributed by atoms with Gasteiger partial charge in [0.05, 0.1) is 7.11 Å². The fourth-order valence-electron chi connectivity index (χ4n) is 3.54. The second kappa shape index (κ2) is 9.24. The average Bonchev–Trinajstić information content (AvgIpc) is 3.24. The number of hydrogen-bond donors (Lipinski definition) is 1. The lowest BCUT2D eigenvalue weighted by atomic mass is 10.1. The number of methoxy groups -OCH3 is 1. The number of carbonyl (C=O) groups excluding carboxylic acids is 1. The molecule has 1 aliphatic rings. The minimum absolute atomic E-state index is 0.0237. The van der Waals surface area contributed by atoms with Gasteiger partial charge in [-0.05, 0) is 43.2 Å². The zero-order valence-corrected chi connectivity index (χ0v) is 17.3. The molecule has 1 aliphatic carbocycles. The molecule has 0 atom stereocenters. The molecule has 0 heterocycles. The predicted molar refractivity (Wildman–Crippen MR) is 114 cm³/mol. The molecule has 0 unspecified atom stereocenters. The number of benzene rings is 2. The first-order valence-electron chi connectivity index (χ1n) is 9.64. The molecule has 2 aromatic rings. The molecule has 1 amide bonds. The Bertz CT molecular complexity index is 968. The molecular weight excluding hydrogens is 388 g/mol. The molecule has 1 saturated carbocycles. The van der Waals surface area contributed by atoms with E-state index in [-0.39, 0.29) is 28.2 Å². The van der Waals surface area contributed by atoms with E-state index in [4.69, 9.17) is 4.74 Å². The zero-order valence-electron chi connectivity index (χ0n) is 16.5. The van der Waals surface area contributed by atoms with Gasteiger partial charge in [0.25, 0.3) is 5.91 Å². The van der Waals surface area contributed by atoms with E-state index < -0.39 is 10.0 Å². The van der Waals surface area contributed by atoms with Crippen LogP contribution in [0.1, 0.15) is 36.0 Å². The minimum Gasteiger partial charge on any atom is -0.495 e. The van der Waals surface area contributed by atoms with E-state index in [1.165, 1.54) is 19.2 Å². The molecule has 3 rings (SSSR count). The molecule has 1 fully saturated rings. The molecule has 0 aromatic heterocycles. The number of amides is 1. The summed E-state index contributed by atoms with van der Waals surface area (Å²) in [6, 6.07) is 13.6. The van der Waals surface area contributed by atoms with Crippen molar-refractivity contribution >= 4 is 21.6 Å². The summed E-state index contributed by atoms with van der Waals surface area (Å²) in [5.41, 5.74) is 0.977. The van der Waals surface area contributed by atoms with E-state index in [1.54, 1.807) is 17.0 Å². The van der Waals surface area contributed by atoms with Crippen LogP contribution in [0, 0.1) is 0 Å². The van der Waals surface area contributed by atoms with Gasteiger partial charge in [-0.25, -0.2) is 13.1 Å². The molecule has 2 aromatic carbocycles. The van der Waals surface area contributed by atoms with E-state index in [2.05, 4.69) is 11.3 Å². The number of anilines is 1. The molecule has 1 N–H and O–H groups in total. The van der Waals surface area contributed by atoms with Crippen molar-refractivity contribution in [2.24, 2.45) is 0 Å². The topological polar surface area (TPSA) is 75.7 Å². The van der Waals surface area contributed by atoms with Gasteiger partial charge >= 0.3 is 0 Å². The van der Waals surface area contributed by atoms with Crippen molar-refractivity contribution in [3.05, 3.63) is 66.7 Å². The average molecular weight is 415 g/mol. The van der Waals surface area contributed by atoms with E-state index >= 15 is 0 Å². The van der Waals surface area contributed by atoms with Gasteiger partial charge in [-0.3, -0.25) is 4.79 Å². The van der Waals surface area contributed by atoms with Crippen LogP contribution in [0.5, 0.6) is 5.75 Å². The number of sulfonamides is 1. The normalized spacial score (nSPS) is 14.5. The summed E-state index contributed by atoms with van der Waals surface area (Å²) in [6.45, 7) is 4.03. The second-order valence-electron chi connectivity index (χ2n) is 7.01. The first-order valence-corrected chi connectivity index (χ1v) is 11.1. The third-order valence-corrected chi connectivity index (χ3v) is 6.54. The van der Waals surface area contributed by atoms with E-state index in [0.717, 1.165) is 25.7 Å². The molecule has 29 heavy (non-hydrogen) atoms. The zero-order chi connectivity index (χ0) is 20.9. The summed E-state index contributed by atoms with van der Waals surface area (Å²) < 4.78 is 34.0. The predicted octanol–water partition coefficient (Wildman–Crippen LogP) is 3.75. The summed E-state index contributed by atoms with van der Waals surface area (Å²) in [6.07, 6.45) is 5.29. The maximum absolute atomic E-state index is 13.2. The van der Waals surface area contributed by atoms with Crippen LogP contribution in [0.15, 0.2) is 66.1 Å². The molecule has 6 nitrogen and oxygen atoms in total. The Kier molecular flexibility index (Phi) is 6.71. The van der Waals surface area contributed by atoms with E-state index in [0.29, 0.717) is 12.2 Å². The summed E-state index contributed by atoms with van der Waals surface area (Å²) >= 11 is 0. The highest BCUT2D eigenvalue weighted by Crippen LogP contribution is 2.28. The number of para-hydroxylation sites is 1. The number of rotatable bonds is 8. The second-order valence-corrected chi connectivity index (χ2v) is 8.69. The summed E-state index contributed by atoms with van der Waals surface area (Å²) in [5.74, 6) is -0.0990. The largest absolute Gasteiger partial charge is 0.495 e. The van der Waals surface area contributed by atoms with Crippen LogP contribution < -0.4 is 14.4 Å². The first kappa shape index (κ1) is 21.1. The van der Waals surface area contributed by atoms with Gasteiger partial charge in [-0.15, -0.1) is 6.58 Å². The first-order chi connectivity index (χ1) is 14.0. The van der Waals surface area contributed by atoms with Crippen LogP contribution in [0.4, 0.5) is 5.69 Å². The number of nitrogens with one attached hydrogen (secondary N) is 1. The molecule has 0 radical (unpaired) electrons. The van der Waals surface area contributed by atoms with Gasteiger partial charge in [-0.1, -0.05) is 37.1 Å². The van der Waals surface area contributed by atoms with Crippen molar-refractivity contribution in [1.82, 2.24) is 4.72 Å². The Morgan fingerprint density at radius 3 is 2.52 bits per heavy atom. The summed E-state index contributed by atoms with van der Waals surface area (Å²) in [4.78, 5) is 14.7. The summed E-state index contributed by atoms with van der Waals surface area (Å²) in [7, 11) is -2.39. The summed E-state index contributed by atoms with van der Waals surface area (Å²) in [5, 5.41) is 0. The number of carbonyl (C=O) groups is 1. The Morgan fingerprint density at radius 1 is 1.21 bits per heavy atom. The van der Waals surface area contributed by atoms with Crippen molar-refractivity contribution < 1.29 is 17.9 Å². The highest BCUT2D eigenvalue weighted by Gasteiger charge is 2.27. The third-order valence-electron chi connectivity index (χ3n) is 5.00. The van der Waals surface area contributed by atoms with Crippen LogP contribution in [-0.4, -0.2) is 34.0 Å². The van der Waals surface area contributed by atoms with Crippen molar-refractivity contribution in [3.8, 4) is 5.75 Å². The van der Waals surface area contributed by atoms with Crippen molar-refractivity contribution in [3.63, 3.8) is 0 Å². The Hall–Kier alpha value is -2.64. The molecule has 0 bridgehead atoms. The van der Waals surface area contributed by atoms with Crippen LogP contribution in [0.3, 0.4) is 0 Å². The number of ether oxygens (including phenoxy) is 1. The highest BCUT2D eigenvalue weighted by molar-refractivity contribution is 7.89. The van der Waals surface area contributed by atoms with Gasteiger partial charge in [0, 0.05) is 23.8 Å². The molecule has 0 spiro atoms. The van der Waals surface area contributed by atoms with Gasteiger partial charge in [0.15, 0.2) is 0 Å². The lowest BCUT2D eigenvalue weighted by Crippen LogP contribution is -2.34. The number of nitrogens with zero attached hydrogens (tertiary/aromatic N) is 1. The van der Waals surface area contributed by atoms with Crippen LogP contribution in [-0.2, 0) is 10.0 Å². The Morgan fingerprint density at radius 2 is 1.90 bits per heavy atom. The lowest BCUT2D eigenvalue weighted by Gasteiger charge is -2.22. The minimum atomic E-state index is -3.81. The van der Waals surface area contributed by atoms with Gasteiger partial charge in [0.1, 0.15) is 10.6 Å². The molecule has 7 heteroatoms. The smallest absolute Gasteiger partial charge is 0.258 e. The van der Waals surface area contributed by atoms with E-state index in [9.17, 15) is 13.2 Å². The van der Waals surface area contributed by atoms with Gasteiger partial charge in [-0.2, -0.15) is 0 Å². The fraction of sp³-hybridized carbons (Fsp3) is 0.318. The fourth-order valence-corrected chi connectivity index (χ4v) is 5.04. The van der Waals surface area contributed by atoms with Gasteiger partial charge < -0.3 is 9.64 Å².